The van der Waals surface area contributed by atoms with E-state index < -0.39 is 18.0 Å². The second-order valence-corrected chi connectivity index (χ2v) is 10.3. The van der Waals surface area contributed by atoms with E-state index in [1.807, 2.05) is 0 Å². The molecule has 138 valence electrons. The van der Waals surface area contributed by atoms with Crippen molar-refractivity contribution in [3.63, 3.8) is 0 Å². The largest absolute Gasteiger partial charge is 0.453 e. The molecule has 0 aromatic heterocycles. The predicted molar refractivity (Wildman–Crippen MR) is 94.1 cm³/mol. The van der Waals surface area contributed by atoms with Crippen LogP contribution in [0.5, 0.6) is 0 Å². The minimum absolute atomic E-state index is 0.0262. The van der Waals surface area contributed by atoms with Gasteiger partial charge in [-0.15, -0.1) is 0 Å². The number of imide groups is 1. The smallest absolute Gasteiger partial charge is 0.324 e. The molecule has 3 atom stereocenters. The number of carbonyl (C=O) groups is 3. The van der Waals surface area contributed by atoms with Gasteiger partial charge in [-0.3, -0.25) is 14.5 Å². The van der Waals surface area contributed by atoms with Crippen molar-refractivity contribution in [2.24, 2.45) is 17.3 Å². The Morgan fingerprint density at radius 1 is 1.32 bits per heavy atom. The summed E-state index contributed by atoms with van der Waals surface area (Å²) in [7, 11) is 0. The number of hydrogen-bond donors (Lipinski definition) is 1. The zero-order chi connectivity index (χ0) is 17.8. The maximum absolute atomic E-state index is 12.5. The summed E-state index contributed by atoms with van der Waals surface area (Å²) < 4.78 is 5.62. The zero-order valence-corrected chi connectivity index (χ0v) is 16.1. The molecule has 1 aliphatic heterocycles. The molecule has 6 nitrogen and oxygen atoms in total. The summed E-state index contributed by atoms with van der Waals surface area (Å²) in [6, 6.07) is -0.407. The lowest BCUT2D eigenvalue weighted by Gasteiger charge is -2.60. The number of esters is 1. The van der Waals surface area contributed by atoms with E-state index in [4.69, 9.17) is 4.74 Å². The zero-order valence-electron chi connectivity index (χ0n) is 14.6. The van der Waals surface area contributed by atoms with Crippen LogP contribution in [0.1, 0.15) is 51.9 Å². The van der Waals surface area contributed by atoms with Gasteiger partial charge in [0.05, 0.1) is 6.42 Å². The number of nitrogens with one attached hydrogen (secondary N) is 1. The Balaban J connectivity index is 1.37. The van der Waals surface area contributed by atoms with E-state index in [-0.39, 0.29) is 15.7 Å². The van der Waals surface area contributed by atoms with Gasteiger partial charge in [0.2, 0.25) is 0 Å². The van der Waals surface area contributed by atoms with Crippen LogP contribution in [0.2, 0.25) is 0 Å². The Hall–Kier alpha value is -1.11. The summed E-state index contributed by atoms with van der Waals surface area (Å²) >= 11 is 3.95. The molecule has 4 bridgehead atoms. The molecule has 1 saturated heterocycles. The van der Waals surface area contributed by atoms with Crippen molar-refractivity contribution in [2.75, 3.05) is 13.1 Å². The van der Waals surface area contributed by atoms with Crippen LogP contribution in [-0.2, 0) is 14.3 Å². The first-order chi connectivity index (χ1) is 11.8. The van der Waals surface area contributed by atoms with Crippen LogP contribution in [0.4, 0.5) is 4.79 Å². The van der Waals surface area contributed by atoms with Gasteiger partial charge in [-0.2, -0.15) is 0 Å². The molecule has 5 rings (SSSR count). The summed E-state index contributed by atoms with van der Waals surface area (Å²) in [5.41, 5.74) is 0.0262. The molecule has 1 heterocycles. The van der Waals surface area contributed by atoms with Crippen LogP contribution in [0.15, 0.2) is 0 Å². The van der Waals surface area contributed by atoms with Gasteiger partial charge in [-0.1, -0.05) is 15.9 Å². The predicted octanol–water partition coefficient (Wildman–Crippen LogP) is 2.59. The first-order valence-corrected chi connectivity index (χ1v) is 10.0. The summed E-state index contributed by atoms with van der Waals surface area (Å²) in [6.45, 7) is 2.33. The third kappa shape index (κ3) is 3.20. The Labute approximate surface area is 156 Å². The highest BCUT2D eigenvalue weighted by Gasteiger charge is 2.57. The van der Waals surface area contributed by atoms with Gasteiger partial charge in [0.25, 0.3) is 5.91 Å². The van der Waals surface area contributed by atoms with E-state index in [9.17, 15) is 14.4 Å². The summed E-state index contributed by atoms with van der Waals surface area (Å²) in [4.78, 5) is 37.5. The second-order valence-electron chi connectivity index (χ2n) is 8.64. The molecule has 3 unspecified atom stereocenters. The second kappa shape index (κ2) is 5.96. The maximum atomic E-state index is 12.5. The highest BCUT2D eigenvalue weighted by molar-refractivity contribution is 9.10. The standard InChI is InChI=1S/C18H25BrN2O4/c1-11(15(23)21-3-2-20-16(21)24)25-14(22)9-17-5-12-4-13(6-17)8-18(19,7-12)10-17/h11-13H,2-10H2,1H3,(H,20,24). The molecule has 0 aromatic carbocycles. The Morgan fingerprint density at radius 3 is 2.56 bits per heavy atom. The van der Waals surface area contributed by atoms with Crippen LogP contribution < -0.4 is 5.32 Å². The van der Waals surface area contributed by atoms with Gasteiger partial charge in [-0.05, 0) is 62.7 Å². The fourth-order valence-corrected chi connectivity index (χ4v) is 7.55. The van der Waals surface area contributed by atoms with Gasteiger partial charge in [0.1, 0.15) is 0 Å². The van der Waals surface area contributed by atoms with Crippen LogP contribution in [0.25, 0.3) is 0 Å². The number of nitrogens with zero attached hydrogens (tertiary/aromatic N) is 1. The fourth-order valence-electron chi connectivity index (χ4n) is 6.04. The van der Waals surface area contributed by atoms with E-state index >= 15 is 0 Å². The van der Waals surface area contributed by atoms with Crippen molar-refractivity contribution in [3.05, 3.63) is 0 Å². The molecule has 7 heteroatoms. The molecule has 5 aliphatic rings. The number of amides is 3. The topological polar surface area (TPSA) is 75.7 Å². The molecule has 0 spiro atoms. The van der Waals surface area contributed by atoms with Crippen LogP contribution in [0, 0.1) is 17.3 Å². The Morgan fingerprint density at radius 2 is 2.00 bits per heavy atom. The SMILES string of the molecule is CC(OC(=O)CC12CC3CC(CC(Br)(C3)C1)C2)C(=O)N1CCNC1=O. The monoisotopic (exact) mass is 412 g/mol. The number of alkyl halides is 1. The first-order valence-electron chi connectivity index (χ1n) is 9.25. The lowest BCUT2D eigenvalue weighted by atomic mass is 9.49. The van der Waals surface area contributed by atoms with E-state index in [2.05, 4.69) is 21.2 Å². The molecule has 5 fully saturated rings. The molecular weight excluding hydrogens is 388 g/mol. The normalized spacial score (nSPS) is 40.1. The van der Waals surface area contributed by atoms with Gasteiger partial charge in [0, 0.05) is 17.4 Å². The molecule has 0 aromatic rings. The van der Waals surface area contributed by atoms with Crippen LogP contribution in [0.3, 0.4) is 0 Å². The van der Waals surface area contributed by atoms with Crippen molar-refractivity contribution in [3.8, 4) is 0 Å². The number of urea groups is 1. The molecular formula is C18H25BrN2O4. The number of rotatable bonds is 4. The van der Waals surface area contributed by atoms with Gasteiger partial charge in [0.15, 0.2) is 6.10 Å². The van der Waals surface area contributed by atoms with Crippen molar-refractivity contribution < 1.29 is 19.1 Å². The third-order valence-corrected chi connectivity index (χ3v) is 7.34. The first kappa shape index (κ1) is 17.3. The van der Waals surface area contributed by atoms with Crippen molar-refractivity contribution >= 4 is 33.8 Å². The van der Waals surface area contributed by atoms with Crippen molar-refractivity contribution in [2.45, 2.75) is 62.3 Å². The van der Waals surface area contributed by atoms with E-state index in [0.29, 0.717) is 31.3 Å². The van der Waals surface area contributed by atoms with E-state index in [1.165, 1.54) is 19.3 Å². The van der Waals surface area contributed by atoms with Gasteiger partial charge >= 0.3 is 12.0 Å². The minimum Gasteiger partial charge on any atom is -0.453 e. The quantitative estimate of drug-likeness (QED) is 0.568. The number of hydrogen-bond acceptors (Lipinski definition) is 4. The Bertz CT molecular complexity index is 608. The average Bonchev–Trinajstić information content (AvgIpc) is 2.88. The van der Waals surface area contributed by atoms with Gasteiger partial charge in [-0.25, -0.2) is 4.79 Å². The molecule has 4 saturated carbocycles. The van der Waals surface area contributed by atoms with E-state index in [1.54, 1.807) is 6.92 Å². The number of carbonyl (C=O) groups excluding carboxylic acids is 3. The van der Waals surface area contributed by atoms with Gasteiger partial charge < -0.3 is 10.1 Å². The number of ether oxygens (including phenoxy) is 1. The average molecular weight is 413 g/mol. The van der Waals surface area contributed by atoms with E-state index in [0.717, 1.165) is 24.2 Å². The van der Waals surface area contributed by atoms with Crippen LogP contribution in [-0.4, -0.2) is 46.3 Å². The van der Waals surface area contributed by atoms with Crippen LogP contribution >= 0.6 is 15.9 Å². The summed E-state index contributed by atoms with van der Waals surface area (Å²) in [6.07, 6.45) is 6.44. The fraction of sp³-hybridized carbons (Fsp3) is 0.833. The highest BCUT2D eigenvalue weighted by atomic mass is 79.9. The maximum Gasteiger partial charge on any atom is 0.324 e. The summed E-state index contributed by atoms with van der Waals surface area (Å²) in [5.74, 6) is 0.672. The third-order valence-electron chi connectivity index (χ3n) is 6.41. The molecule has 25 heavy (non-hydrogen) atoms. The Kier molecular flexibility index (Phi) is 4.13. The van der Waals surface area contributed by atoms with Crippen molar-refractivity contribution in [1.29, 1.82) is 0 Å². The number of halogens is 1. The molecule has 0 radical (unpaired) electrons. The molecule has 1 N–H and O–H groups in total. The molecule has 3 amide bonds. The lowest BCUT2D eigenvalue weighted by molar-refractivity contribution is -0.162. The highest BCUT2D eigenvalue weighted by Crippen LogP contribution is 2.65. The lowest BCUT2D eigenvalue weighted by Crippen LogP contribution is -2.53. The molecule has 4 aliphatic carbocycles. The van der Waals surface area contributed by atoms with Crippen molar-refractivity contribution in [1.82, 2.24) is 10.2 Å². The minimum atomic E-state index is -0.914. The summed E-state index contributed by atoms with van der Waals surface area (Å²) in [5, 5.41) is 2.59.